The second-order valence-corrected chi connectivity index (χ2v) is 20.2. The molecule has 2 atom stereocenters. The number of benzene rings is 2. The van der Waals surface area contributed by atoms with E-state index in [1.54, 1.807) is 0 Å². The molecule has 0 N–H and O–H groups in total. The van der Waals surface area contributed by atoms with Gasteiger partial charge in [0.25, 0.3) is 0 Å². The average molecular weight is 571 g/mol. The van der Waals surface area contributed by atoms with Gasteiger partial charge in [-0.2, -0.15) is 0 Å². The van der Waals surface area contributed by atoms with Crippen molar-refractivity contribution in [2.75, 3.05) is 12.4 Å². The lowest BCUT2D eigenvalue weighted by atomic mass is 9.91. The molecule has 3 aromatic rings. The summed E-state index contributed by atoms with van der Waals surface area (Å²) >= 11 is 1.42. The summed E-state index contributed by atoms with van der Waals surface area (Å²) in [6, 6.07) is 21.1. The van der Waals surface area contributed by atoms with Crippen LogP contribution in [0.3, 0.4) is 0 Å². The van der Waals surface area contributed by atoms with Crippen LogP contribution in [-0.2, 0) is 24.3 Å². The third-order valence-electron chi connectivity index (χ3n) is 7.12. The van der Waals surface area contributed by atoms with Crippen LogP contribution in [-0.4, -0.2) is 34.8 Å². The zero-order valence-corrected chi connectivity index (χ0v) is 25.6. The van der Waals surface area contributed by atoms with Gasteiger partial charge >= 0.3 is 5.97 Å². The Hall–Kier alpha value is -2.42. The van der Waals surface area contributed by atoms with Crippen LogP contribution >= 0.6 is 11.3 Å². The molecule has 5 nitrogen and oxygen atoms in total. The van der Waals surface area contributed by atoms with E-state index in [2.05, 4.69) is 43.9 Å². The molecule has 38 heavy (non-hydrogen) atoms. The molecule has 4 rings (SSSR count). The molecule has 0 bridgehead atoms. The molecule has 0 aliphatic carbocycles. The molecular formula is C30H38O5S2Si. The van der Waals surface area contributed by atoms with Gasteiger partial charge < -0.3 is 9.47 Å². The predicted octanol–water partition coefficient (Wildman–Crippen LogP) is 7.75. The SMILES string of the molecule is CCOc1ccc(-c2ccc(-c3ccc([C@]4(OC(C)=O)C(CC[Si](C)(C)C)CCCS4(=O)=O)s3)cc2)cc1. The van der Waals surface area contributed by atoms with Crippen LogP contribution in [0.15, 0.2) is 60.7 Å². The smallest absolute Gasteiger partial charge is 0.304 e. The van der Waals surface area contributed by atoms with Crippen molar-refractivity contribution in [3.63, 3.8) is 0 Å². The highest BCUT2D eigenvalue weighted by Crippen LogP contribution is 2.51. The number of carbonyl (C=O) groups is 1. The summed E-state index contributed by atoms with van der Waals surface area (Å²) in [4.78, 5) is 12.3. The van der Waals surface area contributed by atoms with Crippen LogP contribution in [0.25, 0.3) is 21.6 Å². The van der Waals surface area contributed by atoms with Gasteiger partial charge in [0.05, 0.1) is 17.2 Å². The first-order valence-electron chi connectivity index (χ1n) is 13.3. The van der Waals surface area contributed by atoms with Crippen LogP contribution in [0, 0.1) is 5.92 Å². The number of hydrogen-bond donors (Lipinski definition) is 0. The molecule has 1 fully saturated rings. The molecule has 1 unspecified atom stereocenters. The van der Waals surface area contributed by atoms with Gasteiger partial charge in [-0.25, -0.2) is 8.42 Å². The lowest BCUT2D eigenvalue weighted by Crippen LogP contribution is -2.50. The number of esters is 1. The second kappa shape index (κ2) is 11.4. The Labute approximate surface area is 232 Å². The lowest BCUT2D eigenvalue weighted by Gasteiger charge is -2.42. The Morgan fingerprint density at radius 2 is 1.58 bits per heavy atom. The molecular weight excluding hydrogens is 533 g/mol. The van der Waals surface area contributed by atoms with E-state index < -0.39 is 28.8 Å². The maximum Gasteiger partial charge on any atom is 0.304 e. The zero-order chi connectivity index (χ0) is 27.6. The normalized spacial score (nSPS) is 21.1. The summed E-state index contributed by atoms with van der Waals surface area (Å²) in [7, 11) is -5.12. The largest absolute Gasteiger partial charge is 0.494 e. The van der Waals surface area contributed by atoms with E-state index in [0.717, 1.165) is 46.2 Å². The van der Waals surface area contributed by atoms with E-state index in [-0.39, 0.29) is 11.7 Å². The minimum Gasteiger partial charge on any atom is -0.494 e. The molecule has 2 heterocycles. The highest BCUT2D eigenvalue weighted by molar-refractivity contribution is 7.92. The van der Waals surface area contributed by atoms with Crippen molar-refractivity contribution in [2.24, 2.45) is 5.92 Å². The summed E-state index contributed by atoms with van der Waals surface area (Å²) in [6.07, 6.45) is 2.08. The zero-order valence-electron chi connectivity index (χ0n) is 23.0. The third kappa shape index (κ3) is 6.08. The fraction of sp³-hybridized carbons (Fsp3) is 0.433. The Balaban J connectivity index is 1.67. The van der Waals surface area contributed by atoms with E-state index in [0.29, 0.717) is 17.9 Å². The van der Waals surface area contributed by atoms with Gasteiger partial charge in [0.1, 0.15) is 5.75 Å². The monoisotopic (exact) mass is 570 g/mol. The summed E-state index contributed by atoms with van der Waals surface area (Å²) in [5.74, 6) is 0.0864. The number of rotatable bonds is 9. The molecule has 0 radical (unpaired) electrons. The quantitative estimate of drug-likeness (QED) is 0.194. The van der Waals surface area contributed by atoms with Crippen LogP contribution in [0.2, 0.25) is 25.7 Å². The van der Waals surface area contributed by atoms with Crippen molar-refractivity contribution in [1.82, 2.24) is 0 Å². The topological polar surface area (TPSA) is 69.7 Å². The Morgan fingerprint density at radius 3 is 2.16 bits per heavy atom. The molecule has 1 saturated heterocycles. The van der Waals surface area contributed by atoms with Gasteiger partial charge in [-0.3, -0.25) is 4.79 Å². The highest BCUT2D eigenvalue weighted by atomic mass is 32.2. The molecule has 2 aromatic carbocycles. The minimum absolute atomic E-state index is 0.0355. The first kappa shape index (κ1) is 28.6. The van der Waals surface area contributed by atoms with E-state index in [4.69, 9.17) is 9.47 Å². The Morgan fingerprint density at radius 1 is 0.974 bits per heavy atom. The number of carbonyl (C=O) groups excluding carboxylic acids is 1. The van der Waals surface area contributed by atoms with Crippen LogP contribution in [0.1, 0.15) is 38.0 Å². The van der Waals surface area contributed by atoms with Crippen molar-refractivity contribution < 1.29 is 22.7 Å². The van der Waals surface area contributed by atoms with Gasteiger partial charge in [0.15, 0.2) is 9.84 Å². The number of hydrogen-bond acceptors (Lipinski definition) is 6. The van der Waals surface area contributed by atoms with E-state index in [9.17, 15) is 13.2 Å². The average Bonchev–Trinajstić information content (AvgIpc) is 3.35. The van der Waals surface area contributed by atoms with Gasteiger partial charge in [-0.15, -0.1) is 11.3 Å². The number of ether oxygens (including phenoxy) is 2. The van der Waals surface area contributed by atoms with Gasteiger partial charge in [0.2, 0.25) is 4.93 Å². The van der Waals surface area contributed by atoms with Gasteiger partial charge in [-0.1, -0.05) is 62.1 Å². The van der Waals surface area contributed by atoms with Gasteiger partial charge in [0, 0.05) is 25.8 Å². The van der Waals surface area contributed by atoms with Crippen molar-refractivity contribution in [1.29, 1.82) is 0 Å². The highest BCUT2D eigenvalue weighted by Gasteiger charge is 2.57. The number of sulfone groups is 1. The summed E-state index contributed by atoms with van der Waals surface area (Å²) in [5, 5.41) is 0. The van der Waals surface area contributed by atoms with E-state index in [1.165, 1.54) is 18.3 Å². The van der Waals surface area contributed by atoms with Crippen molar-refractivity contribution in [3.05, 3.63) is 65.5 Å². The van der Waals surface area contributed by atoms with Gasteiger partial charge in [-0.05, 0) is 67.1 Å². The molecule has 0 amide bonds. The standard InChI is InChI=1S/C30H38O5S2Si/c1-6-34-27-15-13-24(14-16-27)23-9-11-25(12-10-23)28-17-18-29(36-28)30(35-22(2)31)26(19-21-38(3,4)5)8-7-20-37(30,32)33/h9-18,26H,6-8,19-21H2,1-5H3/t26?,30-/m0/s1. The predicted molar refractivity (Wildman–Crippen MR) is 159 cm³/mol. The first-order valence-corrected chi connectivity index (χ1v) is 19.5. The summed E-state index contributed by atoms with van der Waals surface area (Å²) < 4.78 is 38.9. The van der Waals surface area contributed by atoms with Crippen LogP contribution in [0.4, 0.5) is 0 Å². The van der Waals surface area contributed by atoms with Crippen LogP contribution in [0.5, 0.6) is 5.75 Å². The Bertz CT molecular complexity index is 1350. The van der Waals surface area contributed by atoms with Crippen LogP contribution < -0.4 is 4.74 Å². The second-order valence-electron chi connectivity index (χ2n) is 11.2. The fourth-order valence-electron chi connectivity index (χ4n) is 5.24. The Kier molecular flexibility index (Phi) is 8.55. The molecule has 0 spiro atoms. The van der Waals surface area contributed by atoms with Crippen molar-refractivity contribution in [2.45, 2.75) is 63.7 Å². The molecule has 8 heteroatoms. The minimum atomic E-state index is -3.70. The maximum atomic E-state index is 13.7. The fourth-order valence-corrected chi connectivity index (χ4v) is 10.3. The molecule has 0 saturated carbocycles. The van der Waals surface area contributed by atoms with Crippen molar-refractivity contribution in [3.8, 4) is 27.3 Å². The first-order chi connectivity index (χ1) is 17.9. The maximum absolute atomic E-state index is 13.7. The third-order valence-corrected chi connectivity index (χ3v) is 12.7. The van der Waals surface area contributed by atoms with E-state index in [1.807, 2.05) is 43.3 Å². The molecule has 1 aliphatic rings. The lowest BCUT2D eigenvalue weighted by molar-refractivity contribution is -0.154. The molecule has 204 valence electrons. The number of thiophene rings is 1. The van der Waals surface area contributed by atoms with E-state index >= 15 is 0 Å². The summed E-state index contributed by atoms with van der Waals surface area (Å²) in [5.41, 5.74) is 3.19. The molecule has 1 aliphatic heterocycles. The summed E-state index contributed by atoms with van der Waals surface area (Å²) in [6.45, 7) is 10.8. The van der Waals surface area contributed by atoms with Crippen molar-refractivity contribution >= 4 is 35.2 Å². The molecule has 1 aromatic heterocycles.